The molecular weight excluding hydrogens is 338 g/mol. The van der Waals surface area contributed by atoms with Gasteiger partial charge in [0.1, 0.15) is 29.2 Å². The van der Waals surface area contributed by atoms with Crippen LogP contribution < -0.4 is 10.1 Å². The van der Waals surface area contributed by atoms with E-state index in [1.54, 1.807) is 11.3 Å². The number of thiophene rings is 1. The molecule has 0 saturated carbocycles. The Labute approximate surface area is 147 Å². The Balaban J connectivity index is 1.77. The number of carbonyl (C=O) groups excluding carboxylic acids is 1. The zero-order chi connectivity index (χ0) is 17.2. The molecule has 0 radical (unpaired) electrons. The average molecular weight is 351 g/mol. The Hall–Kier alpha value is -3.26. The first-order valence-electron chi connectivity index (χ1n) is 7.44. The maximum Gasteiger partial charge on any atom is 0.275 e. The monoisotopic (exact) mass is 351 g/mol. The minimum absolute atomic E-state index is 0.217. The standard InChI is InChI=1S/C17H13N5O2S/c1-24-14-9-11(18-10-19-14)17(23)21-16-15(12-5-4-8-25-12)20-13-6-2-3-7-22(13)16/h2-10H,1H3,(H,21,23). The normalized spacial score (nSPS) is 10.8. The van der Waals surface area contributed by atoms with Crippen LogP contribution in [0.5, 0.6) is 5.88 Å². The summed E-state index contributed by atoms with van der Waals surface area (Å²) in [5.74, 6) is 0.571. The van der Waals surface area contributed by atoms with Crippen LogP contribution in [0.3, 0.4) is 0 Å². The van der Waals surface area contributed by atoms with Gasteiger partial charge in [0.2, 0.25) is 5.88 Å². The Bertz CT molecular complexity index is 1040. The summed E-state index contributed by atoms with van der Waals surface area (Å²) in [6.45, 7) is 0. The van der Waals surface area contributed by atoms with Crippen molar-refractivity contribution in [2.24, 2.45) is 0 Å². The molecule has 7 nitrogen and oxygen atoms in total. The van der Waals surface area contributed by atoms with E-state index in [1.165, 1.54) is 19.5 Å². The minimum atomic E-state index is -0.357. The Kier molecular flexibility index (Phi) is 3.87. The number of methoxy groups -OCH3 is 1. The van der Waals surface area contributed by atoms with Gasteiger partial charge >= 0.3 is 0 Å². The molecule has 4 rings (SSSR count). The Morgan fingerprint density at radius 2 is 2.16 bits per heavy atom. The third-order valence-electron chi connectivity index (χ3n) is 3.60. The first-order chi connectivity index (χ1) is 12.3. The third-order valence-corrected chi connectivity index (χ3v) is 4.48. The number of aromatic nitrogens is 4. The highest BCUT2D eigenvalue weighted by atomic mass is 32.1. The van der Waals surface area contributed by atoms with Gasteiger partial charge < -0.3 is 10.1 Å². The number of anilines is 1. The van der Waals surface area contributed by atoms with Crippen LogP contribution in [0.1, 0.15) is 10.5 Å². The van der Waals surface area contributed by atoms with Gasteiger partial charge in [-0.15, -0.1) is 11.3 Å². The van der Waals surface area contributed by atoms with E-state index in [-0.39, 0.29) is 11.6 Å². The molecule has 1 amide bonds. The number of hydrogen-bond donors (Lipinski definition) is 1. The number of carbonyl (C=O) groups is 1. The van der Waals surface area contributed by atoms with Crippen molar-refractivity contribution in [1.29, 1.82) is 0 Å². The van der Waals surface area contributed by atoms with Crippen molar-refractivity contribution in [3.63, 3.8) is 0 Å². The molecule has 0 aliphatic heterocycles. The number of nitrogens with zero attached hydrogens (tertiary/aromatic N) is 4. The summed E-state index contributed by atoms with van der Waals surface area (Å²) < 4.78 is 6.88. The van der Waals surface area contributed by atoms with E-state index >= 15 is 0 Å². The SMILES string of the molecule is COc1cc(C(=O)Nc2c(-c3cccs3)nc3ccccn23)ncn1. The van der Waals surface area contributed by atoms with Gasteiger partial charge in [0.25, 0.3) is 5.91 Å². The fraction of sp³-hybridized carbons (Fsp3) is 0.0588. The number of imidazole rings is 1. The summed E-state index contributed by atoms with van der Waals surface area (Å²) in [5.41, 5.74) is 1.69. The van der Waals surface area contributed by atoms with Gasteiger partial charge in [0.15, 0.2) is 0 Å². The van der Waals surface area contributed by atoms with Crippen molar-refractivity contribution in [2.75, 3.05) is 12.4 Å². The van der Waals surface area contributed by atoms with Crippen molar-refractivity contribution < 1.29 is 9.53 Å². The zero-order valence-corrected chi connectivity index (χ0v) is 14.0. The number of pyridine rings is 1. The third kappa shape index (κ3) is 2.83. The number of ether oxygens (including phenoxy) is 1. The van der Waals surface area contributed by atoms with Gasteiger partial charge in [0, 0.05) is 12.3 Å². The molecule has 1 N–H and O–H groups in total. The molecular formula is C17H13N5O2S. The predicted molar refractivity (Wildman–Crippen MR) is 95.0 cm³/mol. The van der Waals surface area contributed by atoms with Gasteiger partial charge in [-0.25, -0.2) is 15.0 Å². The number of amides is 1. The van der Waals surface area contributed by atoms with Crippen LogP contribution in [-0.2, 0) is 0 Å². The molecule has 0 bridgehead atoms. The van der Waals surface area contributed by atoms with E-state index in [4.69, 9.17) is 4.74 Å². The van der Waals surface area contributed by atoms with Gasteiger partial charge in [-0.05, 0) is 23.6 Å². The maximum atomic E-state index is 12.7. The largest absolute Gasteiger partial charge is 0.481 e. The number of nitrogens with one attached hydrogen (secondary N) is 1. The smallest absolute Gasteiger partial charge is 0.275 e. The lowest BCUT2D eigenvalue weighted by molar-refractivity contribution is 0.102. The van der Waals surface area contributed by atoms with Crippen LogP contribution in [0.2, 0.25) is 0 Å². The molecule has 8 heteroatoms. The summed E-state index contributed by atoms with van der Waals surface area (Å²) in [5, 5.41) is 4.88. The zero-order valence-electron chi connectivity index (χ0n) is 13.2. The van der Waals surface area contributed by atoms with E-state index in [1.807, 2.05) is 46.3 Å². The number of fused-ring (bicyclic) bond motifs is 1. The quantitative estimate of drug-likeness (QED) is 0.611. The highest BCUT2D eigenvalue weighted by molar-refractivity contribution is 7.13. The molecule has 4 heterocycles. The van der Waals surface area contributed by atoms with Gasteiger partial charge in [-0.2, -0.15) is 0 Å². The molecule has 0 saturated heterocycles. The number of hydrogen-bond acceptors (Lipinski definition) is 6. The summed E-state index contributed by atoms with van der Waals surface area (Å²) in [7, 11) is 1.49. The topological polar surface area (TPSA) is 81.4 Å². The minimum Gasteiger partial charge on any atom is -0.481 e. The molecule has 124 valence electrons. The molecule has 0 atom stereocenters. The summed E-state index contributed by atoms with van der Waals surface area (Å²) >= 11 is 1.56. The van der Waals surface area contributed by atoms with Crippen molar-refractivity contribution >= 4 is 28.7 Å². The van der Waals surface area contributed by atoms with E-state index in [2.05, 4.69) is 20.3 Å². The molecule has 4 aromatic heterocycles. The van der Waals surface area contributed by atoms with Crippen molar-refractivity contribution in [2.45, 2.75) is 0 Å². The van der Waals surface area contributed by atoms with Crippen LogP contribution in [0.15, 0.2) is 54.3 Å². The summed E-state index contributed by atoms with van der Waals surface area (Å²) in [6.07, 6.45) is 3.15. The highest BCUT2D eigenvalue weighted by Gasteiger charge is 2.18. The van der Waals surface area contributed by atoms with Crippen LogP contribution >= 0.6 is 11.3 Å². The lowest BCUT2D eigenvalue weighted by Crippen LogP contribution is -2.15. The summed E-state index contributed by atoms with van der Waals surface area (Å²) in [4.78, 5) is 26.2. The molecule has 0 aromatic carbocycles. The van der Waals surface area contributed by atoms with Crippen molar-refractivity contribution in [3.05, 3.63) is 60.0 Å². The van der Waals surface area contributed by atoms with Crippen LogP contribution in [0.25, 0.3) is 16.2 Å². The second-order valence-corrected chi connectivity index (χ2v) is 6.06. The molecule has 0 aliphatic rings. The van der Waals surface area contributed by atoms with Crippen LogP contribution in [0, 0.1) is 0 Å². The molecule has 0 aliphatic carbocycles. The van der Waals surface area contributed by atoms with E-state index in [0.29, 0.717) is 11.7 Å². The second-order valence-electron chi connectivity index (χ2n) is 5.11. The Morgan fingerprint density at radius 1 is 1.24 bits per heavy atom. The van der Waals surface area contributed by atoms with Crippen molar-refractivity contribution in [3.8, 4) is 16.5 Å². The fourth-order valence-corrected chi connectivity index (χ4v) is 3.16. The maximum absolute atomic E-state index is 12.7. The first kappa shape index (κ1) is 15.3. The molecule has 25 heavy (non-hydrogen) atoms. The van der Waals surface area contributed by atoms with E-state index in [9.17, 15) is 4.79 Å². The molecule has 4 aromatic rings. The van der Waals surface area contributed by atoms with Gasteiger partial charge in [0.05, 0.1) is 12.0 Å². The lowest BCUT2D eigenvalue weighted by atomic mass is 10.3. The first-order valence-corrected chi connectivity index (χ1v) is 8.32. The predicted octanol–water partition coefficient (Wildman–Crippen LogP) is 3.11. The molecule has 0 fully saturated rings. The van der Waals surface area contributed by atoms with Gasteiger partial charge in [-0.3, -0.25) is 9.20 Å². The van der Waals surface area contributed by atoms with E-state index < -0.39 is 0 Å². The van der Waals surface area contributed by atoms with Gasteiger partial charge in [-0.1, -0.05) is 12.1 Å². The second kappa shape index (κ2) is 6.33. The van der Waals surface area contributed by atoms with Crippen LogP contribution in [-0.4, -0.2) is 32.4 Å². The molecule has 0 unspecified atom stereocenters. The highest BCUT2D eigenvalue weighted by Crippen LogP contribution is 2.32. The molecule has 0 spiro atoms. The van der Waals surface area contributed by atoms with Crippen molar-refractivity contribution in [1.82, 2.24) is 19.4 Å². The lowest BCUT2D eigenvalue weighted by Gasteiger charge is -2.07. The number of rotatable bonds is 4. The summed E-state index contributed by atoms with van der Waals surface area (Å²) in [6, 6.07) is 11.1. The average Bonchev–Trinajstić information content (AvgIpc) is 3.30. The Morgan fingerprint density at radius 3 is 2.96 bits per heavy atom. The fourth-order valence-electron chi connectivity index (χ4n) is 2.45. The van der Waals surface area contributed by atoms with E-state index in [0.717, 1.165) is 16.2 Å². The van der Waals surface area contributed by atoms with Crippen LogP contribution in [0.4, 0.5) is 5.82 Å².